The van der Waals surface area contributed by atoms with Crippen LogP contribution in [-0.2, 0) is 14.3 Å². The molecule has 1 aromatic rings. The number of methoxy groups -OCH3 is 1. The molecule has 2 atom stereocenters. The summed E-state index contributed by atoms with van der Waals surface area (Å²) in [4.78, 5) is 25.8. The minimum Gasteiger partial charge on any atom is -0.497 e. The number of amides is 1. The first-order valence-electron chi connectivity index (χ1n) is 7.62. The Kier molecular flexibility index (Phi) is 5.44. The lowest BCUT2D eigenvalue weighted by Crippen LogP contribution is -2.71. The predicted molar refractivity (Wildman–Crippen MR) is 83.4 cm³/mol. The number of benzene rings is 1. The fourth-order valence-electron chi connectivity index (χ4n) is 2.72. The number of anilines is 1. The fraction of sp³-hybridized carbons (Fsp3) is 0.500. The predicted octanol–water partition coefficient (Wildman–Crippen LogP) is 1.84. The van der Waals surface area contributed by atoms with Gasteiger partial charge in [0, 0.05) is 19.3 Å². The zero-order chi connectivity index (χ0) is 18.8. The molecule has 2 unspecified atom stereocenters. The van der Waals surface area contributed by atoms with Crippen LogP contribution in [0.25, 0.3) is 0 Å². The number of rotatable bonds is 5. The number of hydrogen-bond acceptors (Lipinski definition) is 5. The molecule has 1 heterocycles. The Labute approximate surface area is 143 Å². The third kappa shape index (κ3) is 3.80. The largest absolute Gasteiger partial charge is 0.497 e. The Bertz CT molecular complexity index is 633. The summed E-state index contributed by atoms with van der Waals surface area (Å²) in [5.74, 6) is -2.05. The summed E-state index contributed by atoms with van der Waals surface area (Å²) in [7, 11) is 2.55. The van der Waals surface area contributed by atoms with Crippen molar-refractivity contribution in [3.8, 4) is 5.75 Å². The van der Waals surface area contributed by atoms with Crippen molar-refractivity contribution in [2.24, 2.45) is 0 Å². The lowest BCUT2D eigenvalue weighted by atomic mass is 9.93. The van der Waals surface area contributed by atoms with Crippen molar-refractivity contribution in [2.75, 3.05) is 32.2 Å². The van der Waals surface area contributed by atoms with Crippen molar-refractivity contribution in [3.05, 3.63) is 24.3 Å². The van der Waals surface area contributed by atoms with Crippen molar-refractivity contribution < 1.29 is 32.2 Å². The van der Waals surface area contributed by atoms with Gasteiger partial charge in [-0.05, 0) is 31.2 Å². The maximum absolute atomic E-state index is 12.7. The Morgan fingerprint density at radius 3 is 2.36 bits per heavy atom. The van der Waals surface area contributed by atoms with Crippen molar-refractivity contribution in [3.63, 3.8) is 0 Å². The minimum absolute atomic E-state index is 0.0914. The number of ether oxygens (including phenoxy) is 2. The van der Waals surface area contributed by atoms with Crippen LogP contribution < -0.4 is 9.64 Å². The van der Waals surface area contributed by atoms with Crippen LogP contribution in [0.2, 0.25) is 0 Å². The normalized spacial score (nSPS) is 19.8. The Balaban J connectivity index is 2.22. The van der Waals surface area contributed by atoms with Gasteiger partial charge in [0.05, 0.1) is 19.8 Å². The van der Waals surface area contributed by atoms with E-state index in [2.05, 4.69) is 0 Å². The number of nitrogens with zero attached hydrogens (tertiary/aromatic N) is 2. The molecule has 0 N–H and O–H groups in total. The third-order valence-corrected chi connectivity index (χ3v) is 4.08. The molecule has 0 spiro atoms. The van der Waals surface area contributed by atoms with Gasteiger partial charge in [0.25, 0.3) is 0 Å². The molecular weight excluding hydrogens is 341 g/mol. The van der Waals surface area contributed by atoms with E-state index in [1.807, 2.05) is 0 Å². The SMILES string of the molecule is CCOC(=O)C1C(N(C)C(=O)C(F)(F)F)CN1c1ccc(OC)cc1. The number of carbonyl (C=O) groups excluding carboxylic acids is 2. The van der Waals surface area contributed by atoms with Crippen LogP contribution in [0, 0.1) is 0 Å². The highest BCUT2D eigenvalue weighted by Crippen LogP contribution is 2.33. The molecule has 2 rings (SSSR count). The van der Waals surface area contributed by atoms with E-state index in [1.165, 1.54) is 7.11 Å². The number of alkyl halides is 3. The fourth-order valence-corrected chi connectivity index (χ4v) is 2.72. The zero-order valence-corrected chi connectivity index (χ0v) is 14.0. The van der Waals surface area contributed by atoms with Gasteiger partial charge < -0.3 is 19.3 Å². The average Bonchev–Trinajstić information content (AvgIpc) is 2.53. The number of hydrogen-bond donors (Lipinski definition) is 0. The second-order valence-corrected chi connectivity index (χ2v) is 5.53. The number of halogens is 3. The second kappa shape index (κ2) is 7.20. The molecule has 0 saturated carbocycles. The summed E-state index contributed by atoms with van der Waals surface area (Å²) in [5, 5.41) is 0. The molecule has 9 heteroatoms. The summed E-state index contributed by atoms with van der Waals surface area (Å²) in [6, 6.07) is 4.81. The lowest BCUT2D eigenvalue weighted by molar-refractivity contribution is -0.188. The molecule has 25 heavy (non-hydrogen) atoms. The molecule has 1 saturated heterocycles. The smallest absolute Gasteiger partial charge is 0.471 e. The molecule has 1 aromatic carbocycles. The van der Waals surface area contributed by atoms with Gasteiger partial charge in [-0.1, -0.05) is 0 Å². The molecule has 1 aliphatic rings. The van der Waals surface area contributed by atoms with E-state index in [4.69, 9.17) is 9.47 Å². The molecule has 1 aliphatic heterocycles. The van der Waals surface area contributed by atoms with Gasteiger partial charge in [0.2, 0.25) is 0 Å². The molecular formula is C16H19F3N2O4. The Morgan fingerprint density at radius 1 is 1.28 bits per heavy atom. The van der Waals surface area contributed by atoms with Crippen molar-refractivity contribution in [1.29, 1.82) is 0 Å². The zero-order valence-electron chi connectivity index (χ0n) is 14.0. The van der Waals surface area contributed by atoms with E-state index in [-0.39, 0.29) is 13.2 Å². The standard InChI is InChI=1S/C16H19F3N2O4/c1-4-25-14(22)13-12(20(2)15(23)16(17,18)19)9-21(13)10-5-7-11(24-3)8-6-10/h5-8,12-13H,4,9H2,1-3H3. The summed E-state index contributed by atoms with van der Waals surface area (Å²) in [6.07, 6.45) is -4.99. The summed E-state index contributed by atoms with van der Waals surface area (Å²) < 4.78 is 48.0. The van der Waals surface area contributed by atoms with Gasteiger partial charge in [0.1, 0.15) is 11.8 Å². The van der Waals surface area contributed by atoms with Crippen LogP contribution in [0.1, 0.15) is 6.92 Å². The number of esters is 1. The molecule has 138 valence electrons. The van der Waals surface area contributed by atoms with Gasteiger partial charge in [0.15, 0.2) is 0 Å². The van der Waals surface area contributed by atoms with E-state index in [0.29, 0.717) is 16.3 Å². The van der Waals surface area contributed by atoms with E-state index in [1.54, 1.807) is 36.1 Å². The maximum Gasteiger partial charge on any atom is 0.471 e. The van der Waals surface area contributed by atoms with Crippen LogP contribution in [0.5, 0.6) is 5.75 Å². The van der Waals surface area contributed by atoms with Gasteiger partial charge in [-0.25, -0.2) is 4.79 Å². The van der Waals surface area contributed by atoms with E-state index >= 15 is 0 Å². The molecule has 6 nitrogen and oxygen atoms in total. The van der Waals surface area contributed by atoms with Gasteiger partial charge in [-0.2, -0.15) is 13.2 Å². The van der Waals surface area contributed by atoms with Gasteiger partial charge >= 0.3 is 18.1 Å². The van der Waals surface area contributed by atoms with Gasteiger partial charge in [-0.3, -0.25) is 4.79 Å². The van der Waals surface area contributed by atoms with Crippen LogP contribution in [-0.4, -0.2) is 62.3 Å². The number of likely N-dealkylation sites (N-methyl/N-ethyl adjacent to an activating group) is 1. The van der Waals surface area contributed by atoms with E-state index in [9.17, 15) is 22.8 Å². The van der Waals surface area contributed by atoms with Crippen LogP contribution in [0.3, 0.4) is 0 Å². The third-order valence-electron chi connectivity index (χ3n) is 4.08. The molecule has 0 bridgehead atoms. The summed E-state index contributed by atoms with van der Waals surface area (Å²) >= 11 is 0. The average molecular weight is 360 g/mol. The lowest BCUT2D eigenvalue weighted by Gasteiger charge is -2.51. The van der Waals surface area contributed by atoms with Gasteiger partial charge in [-0.15, -0.1) is 0 Å². The molecule has 0 aliphatic carbocycles. The number of carbonyl (C=O) groups is 2. The van der Waals surface area contributed by atoms with E-state index < -0.39 is 30.1 Å². The highest BCUT2D eigenvalue weighted by atomic mass is 19.4. The summed E-state index contributed by atoms with van der Waals surface area (Å²) in [5.41, 5.74) is 0.628. The van der Waals surface area contributed by atoms with Crippen molar-refractivity contribution >= 4 is 17.6 Å². The van der Waals surface area contributed by atoms with Crippen molar-refractivity contribution in [2.45, 2.75) is 25.2 Å². The van der Waals surface area contributed by atoms with E-state index in [0.717, 1.165) is 7.05 Å². The molecule has 0 aromatic heterocycles. The quantitative estimate of drug-likeness (QED) is 0.750. The first-order chi connectivity index (χ1) is 11.7. The van der Waals surface area contributed by atoms with Crippen LogP contribution in [0.4, 0.5) is 18.9 Å². The molecule has 1 fully saturated rings. The minimum atomic E-state index is -4.99. The summed E-state index contributed by atoms with van der Waals surface area (Å²) in [6.45, 7) is 1.79. The van der Waals surface area contributed by atoms with Crippen molar-refractivity contribution in [1.82, 2.24) is 4.90 Å². The monoisotopic (exact) mass is 360 g/mol. The molecule has 1 amide bonds. The first-order valence-corrected chi connectivity index (χ1v) is 7.62. The Morgan fingerprint density at radius 2 is 1.88 bits per heavy atom. The highest BCUT2D eigenvalue weighted by molar-refractivity contribution is 5.87. The highest BCUT2D eigenvalue weighted by Gasteiger charge is 2.52. The topological polar surface area (TPSA) is 59.1 Å². The van der Waals surface area contributed by atoms with Crippen LogP contribution in [0.15, 0.2) is 24.3 Å². The molecule has 0 radical (unpaired) electrons. The maximum atomic E-state index is 12.7. The first kappa shape index (κ1) is 18.9. The Hall–Kier alpha value is -2.45. The second-order valence-electron chi connectivity index (χ2n) is 5.53. The van der Waals surface area contributed by atoms with Crippen LogP contribution >= 0.6 is 0 Å².